The number of esters is 1. The number of rotatable bonds is 3. The van der Waals surface area contributed by atoms with E-state index in [2.05, 4.69) is 5.32 Å². The molecule has 0 fully saturated rings. The highest BCUT2D eigenvalue weighted by atomic mass is 16.5. The third-order valence-corrected chi connectivity index (χ3v) is 4.00. The summed E-state index contributed by atoms with van der Waals surface area (Å²) in [7, 11) is 0. The van der Waals surface area contributed by atoms with Gasteiger partial charge in [0.25, 0.3) is 0 Å². The summed E-state index contributed by atoms with van der Waals surface area (Å²) >= 11 is 0. The van der Waals surface area contributed by atoms with E-state index in [0.29, 0.717) is 13.0 Å². The van der Waals surface area contributed by atoms with Gasteiger partial charge in [-0.05, 0) is 37.1 Å². The van der Waals surface area contributed by atoms with Crippen LogP contribution in [0.5, 0.6) is 0 Å². The van der Waals surface area contributed by atoms with Crippen LogP contribution in [-0.4, -0.2) is 30.9 Å². The topological polar surface area (TPSA) is 75.7 Å². The van der Waals surface area contributed by atoms with Crippen LogP contribution in [0.4, 0.5) is 11.4 Å². The monoisotopic (exact) mass is 338 g/mol. The molecular formula is C19H18N2O4. The molecule has 1 N–H and O–H groups in total. The smallest absolute Gasteiger partial charge is 0.340 e. The molecular weight excluding hydrogens is 320 g/mol. The van der Waals surface area contributed by atoms with Gasteiger partial charge in [0, 0.05) is 12.2 Å². The van der Waals surface area contributed by atoms with Crippen molar-refractivity contribution in [3.63, 3.8) is 0 Å². The zero-order valence-corrected chi connectivity index (χ0v) is 13.8. The molecule has 6 heteroatoms. The lowest BCUT2D eigenvalue weighted by Gasteiger charge is -2.17. The third-order valence-electron chi connectivity index (χ3n) is 4.00. The molecule has 128 valence electrons. The second-order valence-corrected chi connectivity index (χ2v) is 5.56. The molecule has 2 aromatic carbocycles. The summed E-state index contributed by atoms with van der Waals surface area (Å²) in [6.45, 7) is 2.39. The lowest BCUT2D eigenvalue weighted by Crippen LogP contribution is -2.39. The molecule has 6 nitrogen and oxygen atoms in total. The van der Waals surface area contributed by atoms with Crippen molar-refractivity contribution >= 4 is 29.2 Å². The van der Waals surface area contributed by atoms with Gasteiger partial charge < -0.3 is 15.0 Å². The molecule has 0 aromatic heterocycles. The van der Waals surface area contributed by atoms with Crippen LogP contribution in [0.3, 0.4) is 0 Å². The molecule has 0 atom stereocenters. The number of amides is 2. The van der Waals surface area contributed by atoms with Crippen molar-refractivity contribution in [2.45, 2.75) is 13.3 Å². The molecule has 0 radical (unpaired) electrons. The first-order valence-corrected chi connectivity index (χ1v) is 8.08. The van der Waals surface area contributed by atoms with E-state index in [1.807, 2.05) is 24.3 Å². The summed E-state index contributed by atoms with van der Waals surface area (Å²) in [4.78, 5) is 38.3. The van der Waals surface area contributed by atoms with Crippen molar-refractivity contribution in [2.24, 2.45) is 0 Å². The molecule has 1 aliphatic heterocycles. The first-order valence-electron chi connectivity index (χ1n) is 8.08. The molecule has 0 aliphatic carbocycles. The normalized spacial score (nSPS) is 12.4. The van der Waals surface area contributed by atoms with Crippen molar-refractivity contribution in [1.29, 1.82) is 0 Å². The van der Waals surface area contributed by atoms with Gasteiger partial charge in [0.05, 0.1) is 17.9 Å². The van der Waals surface area contributed by atoms with Crippen molar-refractivity contribution in [1.82, 2.24) is 0 Å². The van der Waals surface area contributed by atoms with E-state index in [1.165, 1.54) is 4.90 Å². The Morgan fingerprint density at radius 1 is 1.08 bits per heavy atom. The number of ether oxygens (including phenoxy) is 1. The Kier molecular flexibility index (Phi) is 4.79. The van der Waals surface area contributed by atoms with E-state index < -0.39 is 17.8 Å². The van der Waals surface area contributed by atoms with Gasteiger partial charge in [0.15, 0.2) is 0 Å². The molecule has 0 spiro atoms. The molecule has 0 bridgehead atoms. The van der Waals surface area contributed by atoms with Crippen molar-refractivity contribution in [2.75, 3.05) is 23.4 Å². The van der Waals surface area contributed by atoms with Crippen LogP contribution in [0.15, 0.2) is 48.5 Å². The Morgan fingerprint density at radius 3 is 2.60 bits per heavy atom. The fourth-order valence-electron chi connectivity index (χ4n) is 2.83. The Labute approximate surface area is 145 Å². The average Bonchev–Trinajstić information content (AvgIpc) is 3.05. The van der Waals surface area contributed by atoms with E-state index in [4.69, 9.17) is 4.74 Å². The average molecular weight is 338 g/mol. The second kappa shape index (κ2) is 7.17. The number of benzene rings is 2. The first kappa shape index (κ1) is 16.7. The molecule has 3 rings (SSSR count). The molecule has 1 heterocycles. The van der Waals surface area contributed by atoms with Gasteiger partial charge in [-0.3, -0.25) is 9.59 Å². The van der Waals surface area contributed by atoms with E-state index >= 15 is 0 Å². The predicted molar refractivity (Wildman–Crippen MR) is 93.5 cm³/mol. The maximum atomic E-state index is 12.5. The van der Waals surface area contributed by atoms with Crippen molar-refractivity contribution < 1.29 is 19.1 Å². The van der Waals surface area contributed by atoms with Crippen LogP contribution in [-0.2, 0) is 20.7 Å². The number of carbonyl (C=O) groups excluding carboxylic acids is 3. The summed E-state index contributed by atoms with van der Waals surface area (Å²) in [6.07, 6.45) is 0.717. The van der Waals surface area contributed by atoms with Crippen LogP contribution < -0.4 is 10.2 Å². The van der Waals surface area contributed by atoms with Gasteiger partial charge in [0.1, 0.15) is 0 Å². The lowest BCUT2D eigenvalue weighted by molar-refractivity contribution is -0.134. The van der Waals surface area contributed by atoms with E-state index in [0.717, 1.165) is 11.3 Å². The molecule has 0 saturated carbocycles. The Morgan fingerprint density at radius 2 is 1.80 bits per heavy atom. The quantitative estimate of drug-likeness (QED) is 0.689. The molecule has 0 saturated heterocycles. The largest absolute Gasteiger partial charge is 0.462 e. The van der Waals surface area contributed by atoms with Crippen LogP contribution in [0.1, 0.15) is 22.8 Å². The summed E-state index contributed by atoms with van der Waals surface area (Å²) in [5.41, 5.74) is 2.26. The highest BCUT2D eigenvalue weighted by molar-refractivity contribution is 6.44. The van der Waals surface area contributed by atoms with Crippen LogP contribution in [0, 0.1) is 0 Å². The summed E-state index contributed by atoms with van der Waals surface area (Å²) < 4.78 is 4.97. The zero-order valence-electron chi connectivity index (χ0n) is 13.8. The second-order valence-electron chi connectivity index (χ2n) is 5.56. The Bertz CT molecular complexity index is 832. The minimum atomic E-state index is -0.784. The van der Waals surface area contributed by atoms with Crippen LogP contribution in [0.25, 0.3) is 0 Å². The standard InChI is InChI=1S/C19H18N2O4/c1-2-25-19(24)14-8-4-5-9-15(14)20-17(22)18(23)21-12-11-13-7-3-6-10-16(13)21/h3-10H,2,11-12H2,1H3,(H,20,22). The molecule has 2 amide bonds. The number of fused-ring (bicyclic) bond motifs is 1. The van der Waals surface area contributed by atoms with E-state index in [1.54, 1.807) is 31.2 Å². The molecule has 1 aliphatic rings. The zero-order chi connectivity index (χ0) is 17.8. The molecule has 0 unspecified atom stereocenters. The summed E-state index contributed by atoms with van der Waals surface area (Å²) in [5.74, 6) is -1.98. The predicted octanol–water partition coefficient (Wildman–Crippen LogP) is 2.39. The van der Waals surface area contributed by atoms with Crippen molar-refractivity contribution in [3.8, 4) is 0 Å². The number of carbonyl (C=O) groups is 3. The fourth-order valence-corrected chi connectivity index (χ4v) is 2.83. The maximum absolute atomic E-state index is 12.5. The number of hydrogen-bond donors (Lipinski definition) is 1. The number of anilines is 2. The lowest BCUT2D eigenvalue weighted by atomic mass is 10.1. The number of para-hydroxylation sites is 2. The summed E-state index contributed by atoms with van der Waals surface area (Å²) in [6, 6.07) is 13.9. The van der Waals surface area contributed by atoms with E-state index in [9.17, 15) is 14.4 Å². The maximum Gasteiger partial charge on any atom is 0.340 e. The van der Waals surface area contributed by atoms with Crippen molar-refractivity contribution in [3.05, 3.63) is 59.7 Å². The Balaban J connectivity index is 1.77. The van der Waals surface area contributed by atoms with Gasteiger partial charge in [-0.2, -0.15) is 0 Å². The highest BCUT2D eigenvalue weighted by Gasteiger charge is 2.29. The molecule has 25 heavy (non-hydrogen) atoms. The van der Waals surface area contributed by atoms with Crippen LogP contribution >= 0.6 is 0 Å². The van der Waals surface area contributed by atoms with E-state index in [-0.39, 0.29) is 17.9 Å². The summed E-state index contributed by atoms with van der Waals surface area (Å²) in [5, 5.41) is 2.53. The SMILES string of the molecule is CCOC(=O)c1ccccc1NC(=O)C(=O)N1CCc2ccccc21. The Hall–Kier alpha value is -3.15. The molecule has 2 aromatic rings. The van der Waals surface area contributed by atoms with Gasteiger partial charge in [-0.25, -0.2) is 4.79 Å². The first-order chi connectivity index (χ1) is 12.1. The number of nitrogens with one attached hydrogen (secondary N) is 1. The van der Waals surface area contributed by atoms with Crippen LogP contribution in [0.2, 0.25) is 0 Å². The fraction of sp³-hybridized carbons (Fsp3) is 0.211. The van der Waals surface area contributed by atoms with Gasteiger partial charge in [-0.1, -0.05) is 30.3 Å². The van der Waals surface area contributed by atoms with Gasteiger partial charge >= 0.3 is 17.8 Å². The van der Waals surface area contributed by atoms with Gasteiger partial charge in [0.2, 0.25) is 0 Å². The third kappa shape index (κ3) is 3.38. The van der Waals surface area contributed by atoms with Gasteiger partial charge in [-0.15, -0.1) is 0 Å². The highest BCUT2D eigenvalue weighted by Crippen LogP contribution is 2.27. The minimum absolute atomic E-state index is 0.215. The number of nitrogens with zero attached hydrogens (tertiary/aromatic N) is 1. The number of hydrogen-bond acceptors (Lipinski definition) is 4. The minimum Gasteiger partial charge on any atom is -0.462 e.